The van der Waals surface area contributed by atoms with E-state index in [0.717, 1.165) is 16.8 Å². The lowest BCUT2D eigenvalue weighted by molar-refractivity contribution is -0.118. The van der Waals surface area contributed by atoms with Gasteiger partial charge in [0, 0.05) is 30.3 Å². The molecule has 4 aromatic rings. The lowest BCUT2D eigenvalue weighted by atomic mass is 10.0. The van der Waals surface area contributed by atoms with E-state index in [9.17, 15) is 4.79 Å². The normalized spacial score (nSPS) is 15.4. The van der Waals surface area contributed by atoms with E-state index in [-0.39, 0.29) is 12.2 Å². The van der Waals surface area contributed by atoms with E-state index >= 15 is 0 Å². The Morgan fingerprint density at radius 1 is 1.25 bits per heavy atom. The van der Waals surface area contributed by atoms with E-state index in [1.54, 1.807) is 10.8 Å². The topological polar surface area (TPSA) is 160 Å². The molecule has 4 heterocycles. The summed E-state index contributed by atoms with van der Waals surface area (Å²) in [5.74, 6) is -0.183. The lowest BCUT2D eigenvalue weighted by Crippen LogP contribution is -2.14. The van der Waals surface area contributed by atoms with Gasteiger partial charge in [0.05, 0.1) is 5.69 Å². The summed E-state index contributed by atoms with van der Waals surface area (Å²) in [5, 5.41) is 8.09. The van der Waals surface area contributed by atoms with Crippen molar-refractivity contribution in [3.05, 3.63) is 59.8 Å². The van der Waals surface area contributed by atoms with Crippen molar-refractivity contribution in [2.75, 3.05) is 5.73 Å². The minimum Gasteiger partial charge on any atom is -0.454 e. The third-order valence-corrected chi connectivity index (χ3v) is 5.69. The van der Waals surface area contributed by atoms with Gasteiger partial charge >= 0.3 is 0 Å². The van der Waals surface area contributed by atoms with Crippen LogP contribution in [0.1, 0.15) is 18.3 Å². The predicted octanol–water partition coefficient (Wildman–Crippen LogP) is 2.31. The number of aromatic nitrogens is 6. The van der Waals surface area contributed by atoms with Gasteiger partial charge in [-0.2, -0.15) is 5.10 Å². The van der Waals surface area contributed by atoms with E-state index in [1.165, 1.54) is 24.4 Å². The zero-order valence-electron chi connectivity index (χ0n) is 16.6. The molecule has 0 spiro atoms. The van der Waals surface area contributed by atoms with Gasteiger partial charge in [-0.3, -0.25) is 9.89 Å². The molecule has 1 amide bonds. The molecule has 0 fully saturated rings. The molecule has 162 valence electrons. The van der Waals surface area contributed by atoms with Gasteiger partial charge < -0.3 is 25.5 Å². The van der Waals surface area contributed by atoms with Crippen LogP contribution in [0.5, 0.6) is 0 Å². The van der Waals surface area contributed by atoms with Crippen LogP contribution in [-0.4, -0.2) is 35.6 Å². The second-order valence-corrected chi connectivity index (χ2v) is 7.84. The number of aromatic amines is 1. The van der Waals surface area contributed by atoms with Gasteiger partial charge in [0.1, 0.15) is 12.6 Å². The predicted molar refractivity (Wildman–Crippen MR) is 116 cm³/mol. The van der Waals surface area contributed by atoms with Crippen LogP contribution in [0.2, 0.25) is 0 Å². The highest BCUT2D eigenvalue weighted by Crippen LogP contribution is 2.40. The van der Waals surface area contributed by atoms with Gasteiger partial charge in [0.25, 0.3) is 6.29 Å². The molecule has 5 rings (SSSR count). The number of anilines is 1. The number of hydrogen-bond donors (Lipinski definition) is 3. The molecule has 32 heavy (non-hydrogen) atoms. The summed E-state index contributed by atoms with van der Waals surface area (Å²) in [7, 11) is 0. The van der Waals surface area contributed by atoms with Crippen LogP contribution in [0.15, 0.2) is 59.4 Å². The van der Waals surface area contributed by atoms with E-state index in [2.05, 4.69) is 25.1 Å². The number of nitrogen functional groups attached to an aromatic ring is 1. The average molecular weight is 450 g/mol. The van der Waals surface area contributed by atoms with Crippen molar-refractivity contribution in [2.45, 2.75) is 24.4 Å². The number of nitrogens with two attached hydrogens (primary N) is 2. The Balaban J connectivity index is 1.40. The summed E-state index contributed by atoms with van der Waals surface area (Å²) >= 11 is 1.23. The highest BCUT2D eigenvalue weighted by Gasteiger charge is 2.27. The van der Waals surface area contributed by atoms with Gasteiger partial charge in [-0.25, -0.2) is 15.0 Å². The molecule has 1 unspecified atom stereocenters. The summed E-state index contributed by atoms with van der Waals surface area (Å²) < 4.78 is 13.6. The number of rotatable bonds is 7. The van der Waals surface area contributed by atoms with Crippen molar-refractivity contribution < 1.29 is 14.3 Å². The van der Waals surface area contributed by atoms with E-state index in [1.807, 2.05) is 30.3 Å². The number of primary amides is 1. The van der Waals surface area contributed by atoms with Crippen LogP contribution in [0.3, 0.4) is 0 Å². The van der Waals surface area contributed by atoms with Crippen LogP contribution in [0.25, 0.3) is 22.4 Å². The number of hydrogen-bond acceptors (Lipinski definition) is 9. The average Bonchev–Trinajstić information content (AvgIpc) is 3.53. The first-order chi connectivity index (χ1) is 15.6. The maximum atomic E-state index is 11.3. The number of amides is 1. The Labute approximate surface area is 185 Å². The first-order valence-electron chi connectivity index (χ1n) is 9.64. The molecule has 1 aliphatic heterocycles. The summed E-state index contributed by atoms with van der Waals surface area (Å²) in [6.07, 6.45) is 4.12. The Morgan fingerprint density at radius 2 is 2.12 bits per heavy atom. The van der Waals surface area contributed by atoms with Crippen LogP contribution < -0.4 is 11.5 Å². The molecule has 0 saturated heterocycles. The molecular formula is C20H18N8O3S. The minimum atomic E-state index is -0.640. The van der Waals surface area contributed by atoms with Crippen molar-refractivity contribution in [2.24, 2.45) is 5.73 Å². The van der Waals surface area contributed by atoms with Crippen LogP contribution >= 0.6 is 11.8 Å². The number of nitrogens with one attached hydrogen (secondary N) is 1. The molecular weight excluding hydrogens is 432 g/mol. The van der Waals surface area contributed by atoms with Crippen LogP contribution in [0.4, 0.5) is 5.82 Å². The van der Waals surface area contributed by atoms with Gasteiger partial charge in [-0.05, 0) is 17.8 Å². The monoisotopic (exact) mass is 450 g/mol. The van der Waals surface area contributed by atoms with E-state index < -0.39 is 12.2 Å². The number of aryl methyl sites for hydroxylation is 1. The molecule has 0 radical (unpaired) electrons. The fourth-order valence-electron chi connectivity index (χ4n) is 3.33. The second-order valence-electron chi connectivity index (χ2n) is 6.86. The number of thioether (sulfide) groups is 1. The number of benzene rings is 1. The van der Waals surface area contributed by atoms with Gasteiger partial charge in [-0.1, -0.05) is 24.3 Å². The number of imidazole rings is 1. The van der Waals surface area contributed by atoms with E-state index in [0.29, 0.717) is 28.0 Å². The van der Waals surface area contributed by atoms with Crippen LogP contribution in [-0.2, 0) is 20.8 Å². The molecule has 12 heteroatoms. The highest BCUT2D eigenvalue weighted by atomic mass is 32.2. The molecule has 3 aromatic heterocycles. The molecule has 1 aliphatic rings. The Bertz CT molecular complexity index is 1320. The Hall–Kier alpha value is -4.06. The Kier molecular flexibility index (Phi) is 5.11. The zero-order valence-corrected chi connectivity index (χ0v) is 17.5. The smallest absolute Gasteiger partial charge is 0.268 e. The van der Waals surface area contributed by atoms with Crippen molar-refractivity contribution in [1.82, 2.24) is 29.7 Å². The third-order valence-electron chi connectivity index (χ3n) is 4.80. The standard InChI is InChI=1S/C20H18N8O3S/c21-14(29)6-8-28-18-16(17(22)23-10-24-18)26-20(28)32-15-9-30-19(31-15)12-4-2-1-3-11(12)13-5-7-25-27-13/h1-5,7,9-10,19H,6,8H2,(H2,21,29)(H,25,27)(H2,22,23,24). The number of carbonyl (C=O) groups excluding carboxylic acids is 1. The van der Waals surface area contributed by atoms with Gasteiger partial charge in [0.15, 0.2) is 22.1 Å². The quantitative estimate of drug-likeness (QED) is 0.384. The number of nitrogens with zero attached hydrogens (tertiary/aromatic N) is 5. The number of ether oxygens (including phenoxy) is 2. The maximum Gasteiger partial charge on any atom is 0.268 e. The molecule has 0 aliphatic carbocycles. The molecule has 11 nitrogen and oxygen atoms in total. The van der Waals surface area contributed by atoms with Gasteiger partial charge in [-0.15, -0.1) is 0 Å². The largest absolute Gasteiger partial charge is 0.454 e. The fourth-order valence-corrected chi connectivity index (χ4v) is 4.18. The first-order valence-corrected chi connectivity index (χ1v) is 10.5. The fraction of sp³-hybridized carbons (Fsp3) is 0.150. The molecule has 1 atom stereocenters. The molecule has 0 bridgehead atoms. The van der Waals surface area contributed by atoms with Crippen molar-refractivity contribution in [3.8, 4) is 11.3 Å². The maximum absolute atomic E-state index is 11.3. The third kappa shape index (κ3) is 3.71. The second kappa shape index (κ2) is 8.23. The van der Waals surface area contributed by atoms with Crippen molar-refractivity contribution in [3.63, 3.8) is 0 Å². The van der Waals surface area contributed by atoms with Crippen LogP contribution in [0, 0.1) is 0 Å². The van der Waals surface area contributed by atoms with Gasteiger partial charge in [0.2, 0.25) is 11.0 Å². The lowest BCUT2D eigenvalue weighted by Gasteiger charge is -2.15. The highest BCUT2D eigenvalue weighted by molar-refractivity contribution is 8.02. The minimum absolute atomic E-state index is 0.124. The summed E-state index contributed by atoms with van der Waals surface area (Å²) in [5.41, 5.74) is 14.8. The summed E-state index contributed by atoms with van der Waals surface area (Å²) in [6, 6.07) is 9.60. The summed E-state index contributed by atoms with van der Waals surface area (Å²) in [6.45, 7) is 0.296. The number of carbonyl (C=O) groups is 1. The molecule has 5 N–H and O–H groups in total. The molecule has 1 aromatic carbocycles. The zero-order chi connectivity index (χ0) is 22.1. The van der Waals surface area contributed by atoms with Crippen molar-refractivity contribution >= 4 is 34.7 Å². The SMILES string of the molecule is NC(=O)CCn1c(SC2=COC(c3ccccc3-c3cc[nH]n3)O2)nc2c(N)ncnc21. The summed E-state index contributed by atoms with van der Waals surface area (Å²) in [4.78, 5) is 24.1. The van der Waals surface area contributed by atoms with E-state index in [4.69, 9.17) is 20.9 Å². The first kappa shape index (κ1) is 19.9. The van der Waals surface area contributed by atoms with Crippen molar-refractivity contribution in [1.29, 1.82) is 0 Å². The number of fused-ring (bicyclic) bond motifs is 1. The number of H-pyrrole nitrogens is 1. The molecule has 0 saturated carbocycles. The Morgan fingerprint density at radius 3 is 2.94 bits per heavy atom.